The Morgan fingerprint density at radius 1 is 1.44 bits per heavy atom. The summed E-state index contributed by atoms with van der Waals surface area (Å²) in [6.07, 6.45) is 2.12. The molecule has 1 heterocycles. The number of sulfonamides is 1. The quantitative estimate of drug-likeness (QED) is 0.336. The molecule has 0 atom stereocenters. The van der Waals surface area contributed by atoms with E-state index in [0.29, 0.717) is 0 Å². The molecule has 0 saturated carbocycles. The van der Waals surface area contributed by atoms with E-state index in [9.17, 15) is 18.5 Å². The van der Waals surface area contributed by atoms with Crippen LogP contribution in [0.3, 0.4) is 0 Å². The van der Waals surface area contributed by atoms with E-state index < -0.39 is 14.9 Å². The largest absolute Gasteiger partial charge is 0.305 e. The molecule has 0 aliphatic rings. The fourth-order valence-corrected chi connectivity index (χ4v) is 2.43. The van der Waals surface area contributed by atoms with Gasteiger partial charge in [0, 0.05) is 5.75 Å². The van der Waals surface area contributed by atoms with E-state index in [1.165, 1.54) is 0 Å². The van der Waals surface area contributed by atoms with Crippen LogP contribution in [-0.2, 0) is 10.0 Å². The average Bonchev–Trinajstić information content (AvgIpc) is 2.16. The highest BCUT2D eigenvalue weighted by Gasteiger charge is 2.08. The van der Waals surface area contributed by atoms with Crippen molar-refractivity contribution in [2.45, 2.75) is 5.16 Å². The Morgan fingerprint density at radius 3 is 2.44 bits per heavy atom. The van der Waals surface area contributed by atoms with Crippen molar-refractivity contribution in [2.75, 3.05) is 11.5 Å². The van der Waals surface area contributed by atoms with Crippen molar-refractivity contribution in [3.63, 3.8) is 0 Å². The number of primary sulfonamides is 1. The van der Waals surface area contributed by atoms with Crippen LogP contribution in [0.2, 0.25) is 0 Å². The molecule has 10 heteroatoms. The van der Waals surface area contributed by atoms with Crippen molar-refractivity contribution in [3.05, 3.63) is 22.5 Å². The molecule has 0 aliphatic heterocycles. The van der Waals surface area contributed by atoms with E-state index >= 15 is 0 Å². The number of aromatic nitrogens is 2. The van der Waals surface area contributed by atoms with Crippen LogP contribution < -0.4 is 5.14 Å². The summed E-state index contributed by atoms with van der Waals surface area (Å²) in [6.45, 7) is 0. The zero-order valence-corrected chi connectivity index (χ0v) is 9.57. The molecule has 1 rings (SSSR count). The number of nitro groups is 1. The van der Waals surface area contributed by atoms with Gasteiger partial charge in [0.2, 0.25) is 10.0 Å². The molecule has 1 aromatic heterocycles. The second-order valence-corrected chi connectivity index (χ2v) is 5.49. The summed E-state index contributed by atoms with van der Waals surface area (Å²) in [5, 5.41) is 15.3. The fourth-order valence-electron chi connectivity index (χ4n) is 0.727. The Bertz CT molecular complexity index is 472. The number of rotatable bonds is 5. The molecule has 0 aromatic carbocycles. The molecule has 0 bridgehead atoms. The summed E-state index contributed by atoms with van der Waals surface area (Å²) in [4.78, 5) is 17.1. The SMILES string of the molecule is NS(=O)(=O)CCSc1ncc([N+](=O)[O-])cn1. The van der Waals surface area contributed by atoms with Crippen LogP contribution in [0, 0.1) is 10.1 Å². The summed E-state index contributed by atoms with van der Waals surface area (Å²) in [6, 6.07) is 0. The lowest BCUT2D eigenvalue weighted by atomic mass is 10.6. The van der Waals surface area contributed by atoms with Crippen molar-refractivity contribution in [1.29, 1.82) is 0 Å². The zero-order chi connectivity index (χ0) is 12.2. The Kier molecular flexibility index (Phi) is 4.15. The molecule has 0 saturated heterocycles. The van der Waals surface area contributed by atoms with Gasteiger partial charge in [0.05, 0.1) is 10.7 Å². The van der Waals surface area contributed by atoms with E-state index in [4.69, 9.17) is 5.14 Å². The number of hydrogen-bond acceptors (Lipinski definition) is 7. The van der Waals surface area contributed by atoms with Crippen LogP contribution in [0.25, 0.3) is 0 Å². The summed E-state index contributed by atoms with van der Waals surface area (Å²) < 4.78 is 21.2. The van der Waals surface area contributed by atoms with E-state index in [1.54, 1.807) is 0 Å². The highest BCUT2D eigenvalue weighted by molar-refractivity contribution is 8.00. The molecule has 0 amide bonds. The van der Waals surface area contributed by atoms with Gasteiger partial charge in [-0.25, -0.2) is 23.5 Å². The molecule has 0 unspecified atom stereocenters. The number of nitrogens with two attached hydrogens (primary N) is 1. The topological polar surface area (TPSA) is 129 Å². The molecular formula is C6H8N4O4S2. The van der Waals surface area contributed by atoms with Gasteiger partial charge < -0.3 is 0 Å². The van der Waals surface area contributed by atoms with E-state index in [2.05, 4.69) is 9.97 Å². The molecule has 16 heavy (non-hydrogen) atoms. The lowest BCUT2D eigenvalue weighted by Gasteiger charge is -1.98. The summed E-state index contributed by atoms with van der Waals surface area (Å²) in [5.41, 5.74) is -0.212. The van der Waals surface area contributed by atoms with Crippen molar-refractivity contribution in [3.8, 4) is 0 Å². The van der Waals surface area contributed by atoms with Gasteiger partial charge in [-0.1, -0.05) is 11.8 Å². The van der Waals surface area contributed by atoms with Crippen molar-refractivity contribution in [2.24, 2.45) is 5.14 Å². The molecular weight excluding hydrogens is 256 g/mol. The third kappa shape index (κ3) is 4.51. The first-order chi connectivity index (χ1) is 7.38. The minimum Gasteiger partial charge on any atom is -0.258 e. The van der Waals surface area contributed by atoms with Gasteiger partial charge in [-0.2, -0.15) is 0 Å². The van der Waals surface area contributed by atoms with Gasteiger partial charge in [0.25, 0.3) is 0 Å². The minimum absolute atomic E-state index is 0.196. The predicted octanol–water partition coefficient (Wildman–Crippen LogP) is -0.235. The van der Waals surface area contributed by atoms with E-state index in [-0.39, 0.29) is 22.3 Å². The normalized spacial score (nSPS) is 11.3. The lowest BCUT2D eigenvalue weighted by molar-refractivity contribution is -0.385. The number of nitrogens with zero attached hydrogens (tertiary/aromatic N) is 3. The van der Waals surface area contributed by atoms with Crippen LogP contribution in [0.4, 0.5) is 5.69 Å². The third-order valence-electron chi connectivity index (χ3n) is 1.42. The number of thioether (sulfide) groups is 1. The average molecular weight is 264 g/mol. The highest BCUT2D eigenvalue weighted by Crippen LogP contribution is 2.14. The molecule has 0 aliphatic carbocycles. The van der Waals surface area contributed by atoms with Gasteiger partial charge in [-0.3, -0.25) is 10.1 Å². The van der Waals surface area contributed by atoms with Gasteiger partial charge in [0.1, 0.15) is 12.4 Å². The predicted molar refractivity (Wildman–Crippen MR) is 57.4 cm³/mol. The second-order valence-electron chi connectivity index (χ2n) is 2.70. The van der Waals surface area contributed by atoms with Crippen LogP contribution >= 0.6 is 11.8 Å². The third-order valence-corrected chi connectivity index (χ3v) is 3.33. The van der Waals surface area contributed by atoms with Gasteiger partial charge in [-0.15, -0.1) is 0 Å². The van der Waals surface area contributed by atoms with Crippen molar-refractivity contribution >= 4 is 27.5 Å². The van der Waals surface area contributed by atoms with Gasteiger partial charge in [0.15, 0.2) is 5.16 Å². The Hall–Kier alpha value is -1.26. The fraction of sp³-hybridized carbons (Fsp3) is 0.333. The maximum Gasteiger partial charge on any atom is 0.305 e. The molecule has 2 N–H and O–H groups in total. The Balaban J connectivity index is 2.53. The first kappa shape index (κ1) is 12.8. The molecule has 88 valence electrons. The standard InChI is InChI=1S/C6H8N4O4S2/c7-16(13,14)2-1-15-6-8-3-5(4-9-6)10(11)12/h3-4H,1-2H2,(H2,7,13,14). The molecule has 1 aromatic rings. The van der Waals surface area contributed by atoms with Crippen LogP contribution in [0.5, 0.6) is 0 Å². The minimum atomic E-state index is -3.50. The van der Waals surface area contributed by atoms with Gasteiger partial charge >= 0.3 is 5.69 Å². The van der Waals surface area contributed by atoms with Gasteiger partial charge in [-0.05, 0) is 0 Å². The van der Waals surface area contributed by atoms with E-state index in [0.717, 1.165) is 24.2 Å². The van der Waals surface area contributed by atoms with Crippen LogP contribution in [-0.4, -0.2) is 34.8 Å². The summed E-state index contributed by atoms with van der Waals surface area (Å²) >= 11 is 1.06. The maximum atomic E-state index is 10.6. The smallest absolute Gasteiger partial charge is 0.258 e. The first-order valence-electron chi connectivity index (χ1n) is 3.98. The van der Waals surface area contributed by atoms with Crippen molar-refractivity contribution < 1.29 is 13.3 Å². The van der Waals surface area contributed by atoms with Crippen molar-refractivity contribution in [1.82, 2.24) is 9.97 Å². The molecule has 8 nitrogen and oxygen atoms in total. The monoisotopic (exact) mass is 264 g/mol. The zero-order valence-electron chi connectivity index (χ0n) is 7.94. The highest BCUT2D eigenvalue weighted by atomic mass is 32.2. The van der Waals surface area contributed by atoms with E-state index in [1.807, 2.05) is 0 Å². The van der Waals surface area contributed by atoms with Crippen LogP contribution in [0.15, 0.2) is 17.6 Å². The Morgan fingerprint density at radius 2 is 2.00 bits per heavy atom. The summed E-state index contributed by atoms with van der Waals surface area (Å²) in [5.74, 6) is 0.00859. The molecule has 0 radical (unpaired) electrons. The van der Waals surface area contributed by atoms with Crippen LogP contribution in [0.1, 0.15) is 0 Å². The molecule has 0 fully saturated rings. The Labute approximate surface area is 95.5 Å². The first-order valence-corrected chi connectivity index (χ1v) is 6.68. The maximum absolute atomic E-state index is 10.6. The number of hydrogen-bond donors (Lipinski definition) is 1. The molecule has 0 spiro atoms. The second kappa shape index (κ2) is 5.18. The summed E-state index contributed by atoms with van der Waals surface area (Å²) in [7, 11) is -3.50. The lowest BCUT2D eigenvalue weighted by Crippen LogP contribution is -2.17.